The van der Waals surface area contributed by atoms with Crippen molar-refractivity contribution in [3.63, 3.8) is 0 Å². The van der Waals surface area contributed by atoms with Gasteiger partial charge in [0.15, 0.2) is 0 Å². The number of nitrogens with one attached hydrogen (secondary N) is 1. The zero-order valence-corrected chi connectivity index (χ0v) is 16.3. The van der Waals surface area contributed by atoms with Crippen LogP contribution in [-0.2, 0) is 16.6 Å². The Morgan fingerprint density at radius 3 is 2.93 bits per heavy atom. The highest BCUT2D eigenvalue weighted by Gasteiger charge is 2.28. The van der Waals surface area contributed by atoms with Gasteiger partial charge in [-0.3, -0.25) is 9.48 Å². The van der Waals surface area contributed by atoms with Gasteiger partial charge < -0.3 is 15.0 Å². The SMILES string of the molecule is COCCN1CCC(C(=O)Nc2cc3cc(-c4cnn(C)c4)ccc3cn2)C1. The van der Waals surface area contributed by atoms with Gasteiger partial charge in [0.05, 0.1) is 18.7 Å². The van der Waals surface area contributed by atoms with Crippen molar-refractivity contribution in [2.75, 3.05) is 38.7 Å². The molecule has 1 saturated heterocycles. The molecule has 7 heteroatoms. The average Bonchev–Trinajstić information content (AvgIpc) is 3.35. The summed E-state index contributed by atoms with van der Waals surface area (Å²) in [5, 5.41) is 9.31. The lowest BCUT2D eigenvalue weighted by Gasteiger charge is -2.15. The molecule has 0 aliphatic carbocycles. The van der Waals surface area contributed by atoms with E-state index in [1.54, 1.807) is 18.0 Å². The van der Waals surface area contributed by atoms with Gasteiger partial charge in [0, 0.05) is 50.6 Å². The maximum absolute atomic E-state index is 12.6. The lowest BCUT2D eigenvalue weighted by molar-refractivity contribution is -0.119. The molecule has 3 heterocycles. The van der Waals surface area contributed by atoms with Crippen LogP contribution in [0.15, 0.2) is 42.9 Å². The van der Waals surface area contributed by atoms with Crippen molar-refractivity contribution in [3.05, 3.63) is 42.9 Å². The topological polar surface area (TPSA) is 72.3 Å². The van der Waals surface area contributed by atoms with Gasteiger partial charge in [0.25, 0.3) is 0 Å². The molecule has 0 radical (unpaired) electrons. The average molecular weight is 379 g/mol. The summed E-state index contributed by atoms with van der Waals surface area (Å²) in [6.45, 7) is 3.26. The number of methoxy groups -OCH3 is 1. The van der Waals surface area contributed by atoms with Gasteiger partial charge in [-0.05, 0) is 36.0 Å². The number of ether oxygens (including phenoxy) is 1. The van der Waals surface area contributed by atoms with Crippen molar-refractivity contribution in [1.82, 2.24) is 19.7 Å². The lowest BCUT2D eigenvalue weighted by atomic mass is 10.0. The number of anilines is 1. The summed E-state index contributed by atoms with van der Waals surface area (Å²) >= 11 is 0. The number of nitrogens with zero attached hydrogens (tertiary/aromatic N) is 4. The molecule has 0 bridgehead atoms. The normalized spacial score (nSPS) is 17.3. The molecule has 1 fully saturated rings. The van der Waals surface area contributed by atoms with Gasteiger partial charge >= 0.3 is 0 Å². The predicted octanol–water partition coefficient (Wildman–Crippen LogP) is 2.54. The lowest BCUT2D eigenvalue weighted by Crippen LogP contribution is -2.29. The van der Waals surface area contributed by atoms with Gasteiger partial charge in [-0.25, -0.2) is 4.98 Å². The van der Waals surface area contributed by atoms with E-state index in [9.17, 15) is 4.79 Å². The summed E-state index contributed by atoms with van der Waals surface area (Å²) < 4.78 is 6.91. The highest BCUT2D eigenvalue weighted by molar-refractivity contribution is 5.95. The van der Waals surface area contributed by atoms with E-state index in [1.807, 2.05) is 31.6 Å². The monoisotopic (exact) mass is 379 g/mol. The molecule has 0 saturated carbocycles. The maximum atomic E-state index is 12.6. The Balaban J connectivity index is 1.47. The Morgan fingerprint density at radius 2 is 2.14 bits per heavy atom. The van der Waals surface area contributed by atoms with Gasteiger partial charge in [-0.2, -0.15) is 5.10 Å². The number of benzene rings is 1. The van der Waals surface area contributed by atoms with E-state index in [1.165, 1.54) is 0 Å². The van der Waals surface area contributed by atoms with Crippen molar-refractivity contribution in [3.8, 4) is 11.1 Å². The van der Waals surface area contributed by atoms with Crippen molar-refractivity contribution in [1.29, 1.82) is 0 Å². The number of likely N-dealkylation sites (tertiary alicyclic amines) is 1. The number of aryl methyl sites for hydroxylation is 1. The van der Waals surface area contributed by atoms with Gasteiger partial charge in [0.2, 0.25) is 5.91 Å². The summed E-state index contributed by atoms with van der Waals surface area (Å²) in [6.07, 6.45) is 6.51. The first-order valence-electron chi connectivity index (χ1n) is 9.53. The fourth-order valence-corrected chi connectivity index (χ4v) is 3.66. The third-order valence-corrected chi connectivity index (χ3v) is 5.27. The molecule has 2 aromatic heterocycles. The number of aromatic nitrogens is 3. The molecule has 1 N–H and O–H groups in total. The number of carbonyl (C=O) groups excluding carboxylic acids is 1. The van der Waals surface area contributed by atoms with Crippen LogP contribution in [0.5, 0.6) is 0 Å². The molecule has 1 atom stereocenters. The zero-order valence-electron chi connectivity index (χ0n) is 16.3. The van der Waals surface area contributed by atoms with Crippen LogP contribution < -0.4 is 5.32 Å². The Labute approximate surface area is 164 Å². The number of carbonyl (C=O) groups is 1. The van der Waals surface area contributed by atoms with E-state index in [2.05, 4.69) is 32.4 Å². The molecular weight excluding hydrogens is 354 g/mol. The van der Waals surface area contributed by atoms with E-state index in [0.29, 0.717) is 12.4 Å². The first kappa shape index (κ1) is 18.6. The summed E-state index contributed by atoms with van der Waals surface area (Å²) in [5.74, 6) is 0.627. The Morgan fingerprint density at radius 1 is 1.25 bits per heavy atom. The third-order valence-electron chi connectivity index (χ3n) is 5.27. The minimum Gasteiger partial charge on any atom is -0.383 e. The number of amides is 1. The minimum absolute atomic E-state index is 0.00363. The van der Waals surface area contributed by atoms with Crippen LogP contribution in [0.1, 0.15) is 6.42 Å². The van der Waals surface area contributed by atoms with E-state index in [0.717, 1.165) is 48.0 Å². The molecule has 1 aliphatic heterocycles. The van der Waals surface area contributed by atoms with Crippen LogP contribution in [0.3, 0.4) is 0 Å². The largest absolute Gasteiger partial charge is 0.383 e. The molecule has 4 rings (SSSR count). The first-order valence-corrected chi connectivity index (χ1v) is 9.53. The van der Waals surface area contributed by atoms with Crippen LogP contribution in [0.4, 0.5) is 5.82 Å². The molecular formula is C21H25N5O2. The van der Waals surface area contributed by atoms with Crippen LogP contribution in [0, 0.1) is 5.92 Å². The number of hydrogen-bond donors (Lipinski definition) is 1. The molecule has 28 heavy (non-hydrogen) atoms. The molecule has 1 unspecified atom stereocenters. The zero-order chi connectivity index (χ0) is 19.5. The number of fused-ring (bicyclic) bond motifs is 1. The molecule has 1 amide bonds. The van der Waals surface area contributed by atoms with Crippen molar-refractivity contribution >= 4 is 22.5 Å². The maximum Gasteiger partial charge on any atom is 0.229 e. The second kappa shape index (κ2) is 8.08. The molecule has 3 aromatic rings. The van der Waals surface area contributed by atoms with Crippen LogP contribution in [0.25, 0.3) is 21.9 Å². The number of pyridine rings is 1. The van der Waals surface area contributed by atoms with E-state index in [-0.39, 0.29) is 11.8 Å². The standard InChI is InChI=1S/C21H25N5O2/c1-25-13-19(12-23-25)15-3-4-16-11-22-20(10-18(16)9-15)24-21(27)17-5-6-26(14-17)7-8-28-2/h3-4,9-13,17H,5-8,14H2,1-2H3,(H,22,24,27). The number of hydrogen-bond acceptors (Lipinski definition) is 5. The Kier molecular flexibility index (Phi) is 5.36. The third kappa shape index (κ3) is 4.05. The highest BCUT2D eigenvalue weighted by Crippen LogP contribution is 2.25. The van der Waals surface area contributed by atoms with E-state index >= 15 is 0 Å². The second-order valence-electron chi connectivity index (χ2n) is 7.30. The van der Waals surface area contributed by atoms with Gasteiger partial charge in [0.1, 0.15) is 5.82 Å². The molecule has 1 aliphatic rings. The molecule has 0 spiro atoms. The first-order chi connectivity index (χ1) is 13.6. The van der Waals surface area contributed by atoms with Crippen LogP contribution in [0.2, 0.25) is 0 Å². The van der Waals surface area contributed by atoms with Gasteiger partial charge in [-0.15, -0.1) is 0 Å². The summed E-state index contributed by atoms with van der Waals surface area (Å²) in [4.78, 5) is 19.3. The van der Waals surface area contributed by atoms with E-state index < -0.39 is 0 Å². The summed E-state index contributed by atoms with van der Waals surface area (Å²) in [6, 6.07) is 8.14. The molecule has 1 aromatic carbocycles. The van der Waals surface area contributed by atoms with Crippen molar-refractivity contribution in [2.45, 2.75) is 6.42 Å². The van der Waals surface area contributed by atoms with Crippen molar-refractivity contribution < 1.29 is 9.53 Å². The van der Waals surface area contributed by atoms with Crippen LogP contribution >= 0.6 is 0 Å². The fraction of sp³-hybridized carbons (Fsp3) is 0.381. The van der Waals surface area contributed by atoms with Crippen LogP contribution in [-0.4, -0.2) is 58.9 Å². The molecule has 146 valence electrons. The highest BCUT2D eigenvalue weighted by atomic mass is 16.5. The van der Waals surface area contributed by atoms with Gasteiger partial charge in [-0.1, -0.05) is 12.1 Å². The summed E-state index contributed by atoms with van der Waals surface area (Å²) in [5.41, 5.74) is 2.16. The Bertz CT molecular complexity index is 984. The quantitative estimate of drug-likeness (QED) is 0.713. The Hall–Kier alpha value is -2.77. The fourth-order valence-electron chi connectivity index (χ4n) is 3.66. The molecule has 7 nitrogen and oxygen atoms in total. The van der Waals surface area contributed by atoms with E-state index in [4.69, 9.17) is 4.74 Å². The minimum atomic E-state index is -0.00363. The predicted molar refractivity (Wildman–Crippen MR) is 109 cm³/mol. The smallest absolute Gasteiger partial charge is 0.229 e. The van der Waals surface area contributed by atoms with Crippen molar-refractivity contribution in [2.24, 2.45) is 13.0 Å². The summed E-state index contributed by atoms with van der Waals surface area (Å²) in [7, 11) is 3.60. The second-order valence-corrected chi connectivity index (χ2v) is 7.30. The number of rotatable bonds is 6.